The molecule has 0 atom stereocenters. The fraction of sp³-hybridized carbons (Fsp3) is 0.333. The number of carbonyl (C=O) groups excluding carboxylic acids is 2. The van der Waals surface area contributed by atoms with Crippen molar-refractivity contribution in [1.82, 2.24) is 14.9 Å². The van der Waals surface area contributed by atoms with Crippen molar-refractivity contribution in [3.63, 3.8) is 0 Å². The second-order valence-corrected chi connectivity index (χ2v) is 7.36. The van der Waals surface area contributed by atoms with E-state index in [4.69, 9.17) is 14.2 Å². The lowest BCUT2D eigenvalue weighted by atomic mass is 10.1. The highest BCUT2D eigenvalue weighted by Gasteiger charge is 2.12. The molecule has 1 amide bonds. The van der Waals surface area contributed by atoms with Crippen molar-refractivity contribution in [2.75, 3.05) is 27.4 Å². The molecule has 3 rings (SSSR count). The highest BCUT2D eigenvalue weighted by Crippen LogP contribution is 2.27. The number of hydrogen-bond acceptors (Lipinski definition) is 7. The first kappa shape index (κ1) is 23.8. The van der Waals surface area contributed by atoms with Crippen LogP contribution in [0.5, 0.6) is 11.5 Å². The number of amides is 1. The van der Waals surface area contributed by atoms with Gasteiger partial charge in [-0.15, -0.1) is 0 Å². The minimum absolute atomic E-state index is 0.0115. The van der Waals surface area contributed by atoms with Crippen molar-refractivity contribution in [1.29, 1.82) is 0 Å². The lowest BCUT2D eigenvalue weighted by molar-refractivity contribution is -0.148. The number of benzene rings is 2. The van der Waals surface area contributed by atoms with Crippen LogP contribution in [-0.2, 0) is 34.2 Å². The van der Waals surface area contributed by atoms with Gasteiger partial charge in [0.05, 0.1) is 31.5 Å². The molecule has 0 bridgehead atoms. The van der Waals surface area contributed by atoms with Gasteiger partial charge in [0.25, 0.3) is 11.5 Å². The predicted octanol–water partition coefficient (Wildman–Crippen LogP) is 1.79. The van der Waals surface area contributed by atoms with E-state index in [2.05, 4.69) is 10.3 Å². The summed E-state index contributed by atoms with van der Waals surface area (Å²) in [6.07, 6.45) is 0.829. The number of methoxy groups -OCH3 is 2. The van der Waals surface area contributed by atoms with Crippen LogP contribution in [0, 0.1) is 0 Å². The van der Waals surface area contributed by atoms with E-state index < -0.39 is 5.97 Å². The minimum Gasteiger partial charge on any atom is -0.493 e. The molecular formula is C24H27N3O6. The maximum atomic E-state index is 12.4. The Morgan fingerprint density at radius 2 is 1.79 bits per heavy atom. The first-order chi connectivity index (χ1) is 15.9. The second kappa shape index (κ2) is 11.1. The van der Waals surface area contributed by atoms with Gasteiger partial charge in [-0.05, 0) is 36.2 Å². The van der Waals surface area contributed by atoms with Crippen LogP contribution in [0.4, 0.5) is 0 Å². The molecule has 3 aromatic rings. The number of nitrogens with zero attached hydrogens (tertiary/aromatic N) is 2. The number of ether oxygens (including phenoxy) is 3. The highest BCUT2D eigenvalue weighted by molar-refractivity contribution is 5.80. The Morgan fingerprint density at radius 3 is 2.55 bits per heavy atom. The lowest BCUT2D eigenvalue weighted by Gasteiger charge is -2.11. The zero-order chi connectivity index (χ0) is 23.8. The van der Waals surface area contributed by atoms with Gasteiger partial charge in [-0.3, -0.25) is 19.0 Å². The number of nitrogens with one attached hydrogen (secondary N) is 1. The smallest absolute Gasteiger partial charge is 0.306 e. The predicted molar refractivity (Wildman–Crippen MR) is 123 cm³/mol. The number of hydrogen-bond donors (Lipinski definition) is 1. The maximum Gasteiger partial charge on any atom is 0.306 e. The van der Waals surface area contributed by atoms with Gasteiger partial charge in [-0.1, -0.05) is 18.2 Å². The van der Waals surface area contributed by atoms with Gasteiger partial charge in [0.1, 0.15) is 5.82 Å². The Bertz CT molecular complexity index is 1200. The van der Waals surface area contributed by atoms with Gasteiger partial charge in [-0.25, -0.2) is 4.98 Å². The normalized spacial score (nSPS) is 10.6. The van der Waals surface area contributed by atoms with Gasteiger partial charge in [0.2, 0.25) is 0 Å². The van der Waals surface area contributed by atoms with Gasteiger partial charge < -0.3 is 19.5 Å². The second-order valence-electron chi connectivity index (χ2n) is 7.36. The Morgan fingerprint density at radius 1 is 1.03 bits per heavy atom. The molecule has 1 heterocycles. The molecule has 33 heavy (non-hydrogen) atoms. The Labute approximate surface area is 191 Å². The zero-order valence-electron chi connectivity index (χ0n) is 18.9. The van der Waals surface area contributed by atoms with Crippen LogP contribution in [0.25, 0.3) is 10.9 Å². The van der Waals surface area contributed by atoms with E-state index in [0.29, 0.717) is 41.2 Å². The Balaban J connectivity index is 1.43. The standard InChI is InChI=1S/C24H27N3O6/c1-27-21(26-18-7-5-4-6-17(18)24(27)30)10-11-23(29)33-15-22(28)25-13-12-16-8-9-19(31-2)20(14-16)32-3/h4-9,14H,10-13,15H2,1-3H3,(H,25,28). The molecule has 0 saturated heterocycles. The monoisotopic (exact) mass is 453 g/mol. The van der Waals surface area contributed by atoms with Crippen molar-refractivity contribution >= 4 is 22.8 Å². The molecule has 0 radical (unpaired) electrons. The summed E-state index contributed by atoms with van der Waals surface area (Å²) in [7, 11) is 4.75. The molecule has 174 valence electrons. The SMILES string of the molecule is COc1ccc(CCNC(=O)COC(=O)CCc2nc3ccccc3c(=O)n2C)cc1OC. The van der Waals surface area contributed by atoms with Gasteiger partial charge in [0.15, 0.2) is 18.1 Å². The van der Waals surface area contributed by atoms with E-state index in [9.17, 15) is 14.4 Å². The van der Waals surface area contributed by atoms with Crippen LogP contribution in [0.1, 0.15) is 17.8 Å². The topological polar surface area (TPSA) is 109 Å². The molecule has 0 aliphatic heterocycles. The summed E-state index contributed by atoms with van der Waals surface area (Å²) in [6, 6.07) is 12.6. The fourth-order valence-corrected chi connectivity index (χ4v) is 3.35. The van der Waals surface area contributed by atoms with Gasteiger partial charge >= 0.3 is 5.97 Å². The molecular weight excluding hydrogens is 426 g/mol. The number of aromatic nitrogens is 2. The van der Waals surface area contributed by atoms with E-state index in [1.165, 1.54) is 4.57 Å². The molecule has 9 nitrogen and oxygen atoms in total. The van der Waals surface area contributed by atoms with Crippen LogP contribution in [0.3, 0.4) is 0 Å². The summed E-state index contributed by atoms with van der Waals surface area (Å²) in [4.78, 5) is 40.9. The van der Waals surface area contributed by atoms with Crippen LogP contribution >= 0.6 is 0 Å². The van der Waals surface area contributed by atoms with E-state index in [1.54, 1.807) is 51.6 Å². The number of esters is 1. The molecule has 2 aromatic carbocycles. The average molecular weight is 453 g/mol. The molecule has 0 fully saturated rings. The molecule has 0 saturated carbocycles. The molecule has 1 aromatic heterocycles. The third-order valence-corrected chi connectivity index (χ3v) is 5.18. The van der Waals surface area contributed by atoms with Crippen LogP contribution in [-0.4, -0.2) is 48.8 Å². The first-order valence-electron chi connectivity index (χ1n) is 10.5. The summed E-state index contributed by atoms with van der Waals surface area (Å²) in [5, 5.41) is 3.24. The summed E-state index contributed by atoms with van der Waals surface area (Å²) >= 11 is 0. The summed E-state index contributed by atoms with van der Waals surface area (Å²) < 4.78 is 16.9. The fourth-order valence-electron chi connectivity index (χ4n) is 3.35. The number of para-hydroxylation sites is 1. The first-order valence-corrected chi connectivity index (χ1v) is 10.5. The van der Waals surface area contributed by atoms with Crippen molar-refractivity contribution in [2.24, 2.45) is 7.05 Å². The van der Waals surface area contributed by atoms with Gasteiger partial charge in [0, 0.05) is 20.0 Å². The van der Waals surface area contributed by atoms with Crippen molar-refractivity contribution in [3.05, 3.63) is 64.2 Å². The molecule has 0 aliphatic carbocycles. The van der Waals surface area contributed by atoms with E-state index in [0.717, 1.165) is 5.56 Å². The maximum absolute atomic E-state index is 12.4. The molecule has 0 aliphatic rings. The highest BCUT2D eigenvalue weighted by atomic mass is 16.5. The van der Waals surface area contributed by atoms with Gasteiger partial charge in [-0.2, -0.15) is 0 Å². The Kier molecular flexibility index (Phi) is 8.01. The third kappa shape index (κ3) is 6.09. The van der Waals surface area contributed by atoms with Crippen molar-refractivity contribution in [2.45, 2.75) is 19.3 Å². The van der Waals surface area contributed by atoms with Crippen molar-refractivity contribution < 1.29 is 23.8 Å². The van der Waals surface area contributed by atoms with E-state index >= 15 is 0 Å². The Hall–Kier alpha value is -3.88. The summed E-state index contributed by atoms with van der Waals surface area (Å²) in [5.41, 5.74) is 1.38. The van der Waals surface area contributed by atoms with E-state index in [-0.39, 0.29) is 30.9 Å². The molecule has 1 N–H and O–H groups in total. The molecule has 0 unspecified atom stereocenters. The molecule has 0 spiro atoms. The minimum atomic E-state index is -0.535. The molecule has 9 heteroatoms. The van der Waals surface area contributed by atoms with Crippen LogP contribution < -0.4 is 20.3 Å². The van der Waals surface area contributed by atoms with Crippen LogP contribution in [0.2, 0.25) is 0 Å². The van der Waals surface area contributed by atoms with Crippen LogP contribution in [0.15, 0.2) is 47.3 Å². The zero-order valence-corrected chi connectivity index (χ0v) is 18.9. The van der Waals surface area contributed by atoms with E-state index in [1.807, 2.05) is 12.1 Å². The quantitative estimate of drug-likeness (QED) is 0.466. The lowest BCUT2D eigenvalue weighted by Crippen LogP contribution is -2.30. The average Bonchev–Trinajstić information content (AvgIpc) is 2.84. The number of fused-ring (bicyclic) bond motifs is 1. The third-order valence-electron chi connectivity index (χ3n) is 5.18. The largest absolute Gasteiger partial charge is 0.493 e. The number of carbonyl (C=O) groups is 2. The summed E-state index contributed by atoms with van der Waals surface area (Å²) in [6.45, 7) is 0.0177. The number of rotatable bonds is 10. The number of aryl methyl sites for hydroxylation is 1. The van der Waals surface area contributed by atoms with Crippen molar-refractivity contribution in [3.8, 4) is 11.5 Å². The summed E-state index contributed by atoms with van der Waals surface area (Å²) in [5.74, 6) is 0.812.